The van der Waals surface area contributed by atoms with Gasteiger partial charge in [-0.1, -0.05) is 32.0 Å². The molecule has 1 fully saturated rings. The normalized spacial score (nSPS) is 17.1. The molecule has 4 N–H and O–H groups in total. The van der Waals surface area contributed by atoms with Crippen LogP contribution in [0.3, 0.4) is 0 Å². The number of nitrogens with one attached hydrogen (secondary N) is 2. The van der Waals surface area contributed by atoms with Crippen LogP contribution in [-0.4, -0.2) is 44.0 Å². The van der Waals surface area contributed by atoms with Gasteiger partial charge in [0.25, 0.3) is 0 Å². The summed E-state index contributed by atoms with van der Waals surface area (Å²) in [5.41, 5.74) is 6.96. The first-order chi connectivity index (χ1) is 11.5. The van der Waals surface area contributed by atoms with Gasteiger partial charge in [0.15, 0.2) is 0 Å². The minimum atomic E-state index is -0.577. The molecule has 26 heavy (non-hydrogen) atoms. The maximum Gasteiger partial charge on any atom is 0.239 e. The van der Waals surface area contributed by atoms with E-state index in [9.17, 15) is 9.59 Å². The summed E-state index contributed by atoms with van der Waals surface area (Å²) in [7, 11) is 0. The predicted molar refractivity (Wildman–Crippen MR) is 110 cm³/mol. The molecule has 8 heteroatoms. The van der Waals surface area contributed by atoms with Crippen molar-refractivity contribution in [3.05, 3.63) is 30.3 Å². The van der Waals surface area contributed by atoms with E-state index in [-0.39, 0.29) is 49.1 Å². The fourth-order valence-corrected chi connectivity index (χ4v) is 2.78. The van der Waals surface area contributed by atoms with E-state index >= 15 is 0 Å². The highest BCUT2D eigenvalue weighted by molar-refractivity contribution is 5.87. The van der Waals surface area contributed by atoms with E-state index in [1.54, 1.807) is 0 Å². The lowest BCUT2D eigenvalue weighted by Crippen LogP contribution is -2.47. The Balaban J connectivity index is 0.00000312. The van der Waals surface area contributed by atoms with Crippen molar-refractivity contribution >= 4 is 42.3 Å². The van der Waals surface area contributed by atoms with Crippen LogP contribution in [0.4, 0.5) is 5.69 Å². The number of rotatable bonds is 7. The smallest absolute Gasteiger partial charge is 0.239 e. The SMILES string of the molecule is CC(C)[C@H](N)C(=O)NCC(=O)NCC1CCN(c2ccccc2)C1.Cl.Cl. The number of amides is 2. The Labute approximate surface area is 168 Å². The van der Waals surface area contributed by atoms with Crippen LogP contribution in [0.1, 0.15) is 20.3 Å². The zero-order valence-electron chi connectivity index (χ0n) is 15.3. The van der Waals surface area contributed by atoms with Crippen molar-refractivity contribution in [3.8, 4) is 0 Å². The third-order valence-electron chi connectivity index (χ3n) is 4.44. The van der Waals surface area contributed by atoms with Crippen LogP contribution < -0.4 is 21.3 Å². The fraction of sp³-hybridized carbons (Fsp3) is 0.556. The van der Waals surface area contributed by atoms with Crippen LogP contribution >= 0.6 is 24.8 Å². The number of carbonyl (C=O) groups is 2. The van der Waals surface area contributed by atoms with Gasteiger partial charge in [-0.25, -0.2) is 0 Å². The minimum absolute atomic E-state index is 0. The van der Waals surface area contributed by atoms with E-state index in [2.05, 4.69) is 27.7 Å². The number of para-hydroxylation sites is 1. The van der Waals surface area contributed by atoms with Crippen LogP contribution in [0.15, 0.2) is 30.3 Å². The number of hydrogen-bond donors (Lipinski definition) is 3. The summed E-state index contributed by atoms with van der Waals surface area (Å²) in [4.78, 5) is 25.9. The van der Waals surface area contributed by atoms with Crippen molar-refractivity contribution in [1.29, 1.82) is 0 Å². The van der Waals surface area contributed by atoms with Gasteiger partial charge in [0.05, 0.1) is 12.6 Å². The third kappa shape index (κ3) is 7.40. The molecule has 6 nitrogen and oxygen atoms in total. The van der Waals surface area contributed by atoms with Crippen LogP contribution in [0.2, 0.25) is 0 Å². The summed E-state index contributed by atoms with van der Waals surface area (Å²) in [6.07, 6.45) is 1.06. The molecule has 0 saturated carbocycles. The van der Waals surface area contributed by atoms with Gasteiger partial charge >= 0.3 is 0 Å². The molecule has 0 spiro atoms. The summed E-state index contributed by atoms with van der Waals surface area (Å²) in [5, 5.41) is 5.49. The second-order valence-electron chi connectivity index (χ2n) is 6.73. The summed E-state index contributed by atoms with van der Waals surface area (Å²) >= 11 is 0. The number of nitrogens with zero attached hydrogens (tertiary/aromatic N) is 1. The highest BCUT2D eigenvalue weighted by Crippen LogP contribution is 2.22. The number of halogens is 2. The van der Waals surface area contributed by atoms with Gasteiger partial charge in [0, 0.05) is 25.3 Å². The molecule has 0 aliphatic carbocycles. The zero-order valence-corrected chi connectivity index (χ0v) is 16.9. The third-order valence-corrected chi connectivity index (χ3v) is 4.44. The van der Waals surface area contributed by atoms with E-state index < -0.39 is 6.04 Å². The highest BCUT2D eigenvalue weighted by Gasteiger charge is 2.23. The molecule has 0 radical (unpaired) electrons. The van der Waals surface area contributed by atoms with Gasteiger partial charge in [-0.3, -0.25) is 9.59 Å². The van der Waals surface area contributed by atoms with Crippen molar-refractivity contribution < 1.29 is 9.59 Å². The largest absolute Gasteiger partial charge is 0.371 e. The molecule has 1 heterocycles. The van der Waals surface area contributed by atoms with Crippen LogP contribution in [0.5, 0.6) is 0 Å². The van der Waals surface area contributed by atoms with Crippen LogP contribution in [0.25, 0.3) is 0 Å². The highest BCUT2D eigenvalue weighted by atomic mass is 35.5. The average molecular weight is 405 g/mol. The zero-order chi connectivity index (χ0) is 17.5. The maximum atomic E-state index is 11.9. The molecule has 1 saturated heterocycles. The molecule has 1 aliphatic heterocycles. The first-order valence-electron chi connectivity index (χ1n) is 8.57. The molecule has 2 atom stereocenters. The Kier molecular flexibility index (Phi) is 11.3. The first-order valence-corrected chi connectivity index (χ1v) is 8.57. The lowest BCUT2D eigenvalue weighted by Gasteiger charge is -2.19. The standard InChI is InChI=1S/C18H28N4O2.2ClH/c1-13(2)17(19)18(24)21-11-16(23)20-10-14-8-9-22(12-14)15-6-4-3-5-7-15;;/h3-7,13-14,17H,8-12,19H2,1-2H3,(H,20,23)(H,21,24);2*1H/t14?,17-;;/m0../s1. The lowest BCUT2D eigenvalue weighted by atomic mass is 10.1. The molecular weight excluding hydrogens is 375 g/mol. The molecule has 1 aromatic rings. The number of benzene rings is 1. The van der Waals surface area contributed by atoms with Crippen molar-refractivity contribution in [1.82, 2.24) is 10.6 Å². The predicted octanol–water partition coefficient (Wildman–Crippen LogP) is 1.57. The van der Waals surface area contributed by atoms with Crippen molar-refractivity contribution in [2.45, 2.75) is 26.3 Å². The Morgan fingerprint density at radius 1 is 1.19 bits per heavy atom. The molecule has 1 aliphatic rings. The van der Waals surface area contributed by atoms with Crippen LogP contribution in [-0.2, 0) is 9.59 Å². The molecule has 1 aromatic carbocycles. The van der Waals surface area contributed by atoms with Crippen molar-refractivity contribution in [3.63, 3.8) is 0 Å². The fourth-order valence-electron chi connectivity index (χ4n) is 2.78. The van der Waals surface area contributed by atoms with Gasteiger partial charge in [-0.2, -0.15) is 0 Å². The van der Waals surface area contributed by atoms with E-state index in [0.717, 1.165) is 19.5 Å². The first kappa shape index (κ1) is 24.5. The summed E-state index contributed by atoms with van der Waals surface area (Å²) in [6, 6.07) is 9.72. The number of anilines is 1. The molecule has 148 valence electrons. The van der Waals surface area contributed by atoms with Gasteiger partial charge in [0.1, 0.15) is 0 Å². The summed E-state index contributed by atoms with van der Waals surface area (Å²) < 4.78 is 0. The Hall–Kier alpha value is -1.50. The number of nitrogens with two attached hydrogens (primary N) is 1. The monoisotopic (exact) mass is 404 g/mol. The lowest BCUT2D eigenvalue weighted by molar-refractivity contribution is -0.127. The molecular formula is C18H30Cl2N4O2. The van der Waals surface area contributed by atoms with Crippen molar-refractivity contribution in [2.75, 3.05) is 31.1 Å². The summed E-state index contributed by atoms with van der Waals surface area (Å²) in [5.74, 6) is 0.0343. The molecule has 2 amide bonds. The number of carbonyl (C=O) groups excluding carboxylic acids is 2. The van der Waals surface area contributed by atoms with Crippen LogP contribution in [0, 0.1) is 11.8 Å². The molecule has 0 aromatic heterocycles. The van der Waals surface area contributed by atoms with Gasteiger partial charge in [0.2, 0.25) is 11.8 Å². The maximum absolute atomic E-state index is 11.9. The van der Waals surface area contributed by atoms with E-state index in [0.29, 0.717) is 12.5 Å². The average Bonchev–Trinajstić information content (AvgIpc) is 3.06. The van der Waals surface area contributed by atoms with Gasteiger partial charge in [-0.05, 0) is 30.4 Å². The molecule has 0 bridgehead atoms. The number of hydrogen-bond acceptors (Lipinski definition) is 4. The van der Waals surface area contributed by atoms with E-state index in [1.165, 1.54) is 5.69 Å². The second-order valence-corrected chi connectivity index (χ2v) is 6.73. The molecule has 1 unspecified atom stereocenters. The molecule has 2 rings (SSSR count). The Morgan fingerprint density at radius 2 is 1.85 bits per heavy atom. The van der Waals surface area contributed by atoms with Gasteiger partial charge < -0.3 is 21.3 Å². The second kappa shape index (κ2) is 12.0. The Morgan fingerprint density at radius 3 is 2.46 bits per heavy atom. The Bertz CT molecular complexity index is 557. The van der Waals surface area contributed by atoms with E-state index in [1.807, 2.05) is 32.0 Å². The topological polar surface area (TPSA) is 87.5 Å². The van der Waals surface area contributed by atoms with Crippen molar-refractivity contribution in [2.24, 2.45) is 17.6 Å². The quantitative estimate of drug-likeness (QED) is 0.643. The summed E-state index contributed by atoms with van der Waals surface area (Å²) in [6.45, 7) is 6.31. The minimum Gasteiger partial charge on any atom is -0.371 e. The van der Waals surface area contributed by atoms with Gasteiger partial charge in [-0.15, -0.1) is 24.8 Å². The van der Waals surface area contributed by atoms with E-state index in [4.69, 9.17) is 5.73 Å².